The average Bonchev–Trinajstić information content (AvgIpc) is 2.77. The summed E-state index contributed by atoms with van der Waals surface area (Å²) in [5.41, 5.74) is 1.38. The Morgan fingerprint density at radius 3 is 2.50 bits per heavy atom. The van der Waals surface area contributed by atoms with Crippen LogP contribution in [0.5, 0.6) is 0 Å². The van der Waals surface area contributed by atoms with Crippen molar-refractivity contribution in [1.82, 2.24) is 5.32 Å². The Bertz CT molecular complexity index is 360. The van der Waals surface area contributed by atoms with Crippen LogP contribution in [0.15, 0.2) is 30.3 Å². The van der Waals surface area contributed by atoms with Crippen LogP contribution < -0.4 is 5.32 Å². The third kappa shape index (κ3) is 1.07. The van der Waals surface area contributed by atoms with Gasteiger partial charge in [-0.2, -0.15) is 0 Å². The maximum absolute atomic E-state index is 11.3. The quantitative estimate of drug-likeness (QED) is 0.712. The van der Waals surface area contributed by atoms with Crippen LogP contribution in [0.3, 0.4) is 0 Å². The Labute approximate surface area is 83.3 Å². The van der Waals surface area contributed by atoms with Gasteiger partial charge in [0, 0.05) is 17.9 Å². The molecule has 0 radical (unpaired) electrons. The summed E-state index contributed by atoms with van der Waals surface area (Å²) in [5.74, 6) is 1.10. The highest BCUT2D eigenvalue weighted by Crippen LogP contribution is 2.42. The first-order valence-corrected chi connectivity index (χ1v) is 5.20. The monoisotopic (exact) mass is 187 g/mol. The minimum absolute atomic E-state index is 0.266. The second-order valence-corrected chi connectivity index (χ2v) is 4.30. The van der Waals surface area contributed by atoms with Gasteiger partial charge in [-0.3, -0.25) is 4.79 Å². The largest absolute Gasteiger partial charge is 0.352 e. The number of carbonyl (C=O) groups excluding carboxylic acids is 1. The van der Waals surface area contributed by atoms with E-state index in [9.17, 15) is 4.79 Å². The Morgan fingerprint density at radius 1 is 1.14 bits per heavy atom. The van der Waals surface area contributed by atoms with Gasteiger partial charge in [-0.1, -0.05) is 30.3 Å². The lowest BCUT2D eigenvalue weighted by molar-refractivity contribution is -0.123. The highest BCUT2D eigenvalue weighted by atomic mass is 16.2. The highest BCUT2D eigenvalue weighted by Gasteiger charge is 2.45. The second kappa shape index (κ2) is 2.84. The summed E-state index contributed by atoms with van der Waals surface area (Å²) in [5, 5.41) is 3.06. The van der Waals surface area contributed by atoms with Crippen molar-refractivity contribution in [3.63, 3.8) is 0 Å². The van der Waals surface area contributed by atoms with Crippen LogP contribution in [0.4, 0.5) is 0 Å². The summed E-state index contributed by atoms with van der Waals surface area (Å²) in [6.07, 6.45) is 2.08. The van der Waals surface area contributed by atoms with Crippen molar-refractivity contribution in [1.29, 1.82) is 0 Å². The van der Waals surface area contributed by atoms with Gasteiger partial charge in [-0.25, -0.2) is 0 Å². The molecule has 2 fully saturated rings. The molecule has 1 aromatic rings. The van der Waals surface area contributed by atoms with Gasteiger partial charge in [0.25, 0.3) is 0 Å². The minimum atomic E-state index is 0.266. The molecule has 1 aliphatic carbocycles. The van der Waals surface area contributed by atoms with Gasteiger partial charge in [-0.05, 0) is 18.4 Å². The zero-order valence-corrected chi connectivity index (χ0v) is 7.94. The van der Waals surface area contributed by atoms with Crippen molar-refractivity contribution >= 4 is 5.91 Å². The van der Waals surface area contributed by atoms with Crippen LogP contribution >= 0.6 is 0 Å². The predicted octanol–water partition coefficient (Wildman–Crippen LogP) is 1.68. The van der Waals surface area contributed by atoms with E-state index in [1.165, 1.54) is 5.56 Å². The molecule has 1 amide bonds. The van der Waals surface area contributed by atoms with Crippen LogP contribution in [0.2, 0.25) is 0 Å². The molecule has 1 N–H and O–H groups in total. The zero-order valence-electron chi connectivity index (χ0n) is 7.94. The van der Waals surface area contributed by atoms with E-state index < -0.39 is 0 Å². The van der Waals surface area contributed by atoms with Gasteiger partial charge in [0.1, 0.15) is 0 Å². The molecular formula is C12H13NO. The van der Waals surface area contributed by atoms with Crippen LogP contribution in [0, 0.1) is 5.92 Å². The Hall–Kier alpha value is -1.31. The van der Waals surface area contributed by atoms with Crippen molar-refractivity contribution in [2.75, 3.05) is 0 Å². The summed E-state index contributed by atoms with van der Waals surface area (Å²) < 4.78 is 0. The molecule has 1 aromatic carbocycles. The van der Waals surface area contributed by atoms with Crippen LogP contribution in [0.1, 0.15) is 24.3 Å². The lowest BCUT2D eigenvalue weighted by Crippen LogP contribution is -2.35. The molecule has 72 valence electrons. The molecule has 1 saturated carbocycles. The SMILES string of the molecule is O=C1N[C@H]2C[C@@H]1C[C@@H]2c1ccccc1. The van der Waals surface area contributed by atoms with E-state index in [0.29, 0.717) is 12.0 Å². The van der Waals surface area contributed by atoms with Crippen LogP contribution in [-0.2, 0) is 4.79 Å². The third-order valence-electron chi connectivity index (χ3n) is 3.49. The van der Waals surface area contributed by atoms with Gasteiger partial charge >= 0.3 is 0 Å². The summed E-state index contributed by atoms with van der Waals surface area (Å²) in [7, 11) is 0. The fourth-order valence-corrected chi connectivity index (χ4v) is 2.78. The van der Waals surface area contributed by atoms with Crippen molar-refractivity contribution in [2.24, 2.45) is 5.92 Å². The number of benzene rings is 1. The standard InChI is InChI=1S/C12H13NO/c14-12-9-6-10(11(7-9)13-12)8-4-2-1-3-5-8/h1-5,9-11H,6-7H2,(H,13,14)/t9-,10+,11-/m0/s1. The lowest BCUT2D eigenvalue weighted by Gasteiger charge is -2.22. The molecule has 0 aromatic heterocycles. The van der Waals surface area contributed by atoms with Gasteiger partial charge in [0.05, 0.1) is 0 Å². The number of hydrogen-bond donors (Lipinski definition) is 1. The van der Waals surface area contributed by atoms with Crippen molar-refractivity contribution < 1.29 is 4.79 Å². The molecule has 0 unspecified atom stereocenters. The molecular weight excluding hydrogens is 174 g/mol. The Balaban J connectivity index is 1.87. The van der Waals surface area contributed by atoms with Gasteiger partial charge in [0.2, 0.25) is 5.91 Å². The molecule has 14 heavy (non-hydrogen) atoms. The average molecular weight is 187 g/mol. The van der Waals surface area contributed by atoms with E-state index in [2.05, 4.69) is 29.6 Å². The molecule has 2 bridgehead atoms. The topological polar surface area (TPSA) is 29.1 Å². The molecule has 3 rings (SSSR count). The molecule has 2 aliphatic rings. The minimum Gasteiger partial charge on any atom is -0.352 e. The normalized spacial score (nSPS) is 34.6. The molecule has 1 saturated heterocycles. The van der Waals surface area contributed by atoms with Gasteiger partial charge in [-0.15, -0.1) is 0 Å². The van der Waals surface area contributed by atoms with Crippen LogP contribution in [-0.4, -0.2) is 11.9 Å². The fraction of sp³-hybridized carbons (Fsp3) is 0.417. The third-order valence-corrected chi connectivity index (χ3v) is 3.49. The first-order valence-electron chi connectivity index (χ1n) is 5.20. The number of rotatable bonds is 1. The first kappa shape index (κ1) is 8.04. The molecule has 2 nitrogen and oxygen atoms in total. The number of fused-ring (bicyclic) bond motifs is 2. The number of piperidine rings is 1. The van der Waals surface area contributed by atoms with E-state index >= 15 is 0 Å². The highest BCUT2D eigenvalue weighted by molar-refractivity contribution is 5.83. The number of hydrogen-bond acceptors (Lipinski definition) is 1. The summed E-state index contributed by atoms with van der Waals surface area (Å²) in [6.45, 7) is 0. The molecule has 1 heterocycles. The van der Waals surface area contributed by atoms with Gasteiger partial charge in [0.15, 0.2) is 0 Å². The summed E-state index contributed by atoms with van der Waals surface area (Å²) in [6, 6.07) is 10.9. The van der Waals surface area contributed by atoms with Crippen molar-refractivity contribution in [2.45, 2.75) is 24.8 Å². The Morgan fingerprint density at radius 2 is 1.93 bits per heavy atom. The zero-order chi connectivity index (χ0) is 9.54. The predicted molar refractivity (Wildman–Crippen MR) is 53.8 cm³/mol. The molecule has 0 spiro atoms. The number of nitrogens with one attached hydrogen (secondary N) is 1. The van der Waals surface area contributed by atoms with E-state index in [4.69, 9.17) is 0 Å². The smallest absolute Gasteiger partial charge is 0.223 e. The van der Waals surface area contributed by atoms with Crippen molar-refractivity contribution in [3.8, 4) is 0 Å². The fourth-order valence-electron chi connectivity index (χ4n) is 2.78. The van der Waals surface area contributed by atoms with E-state index in [0.717, 1.165) is 12.8 Å². The summed E-state index contributed by atoms with van der Waals surface area (Å²) >= 11 is 0. The summed E-state index contributed by atoms with van der Waals surface area (Å²) in [4.78, 5) is 11.3. The van der Waals surface area contributed by atoms with Crippen molar-refractivity contribution in [3.05, 3.63) is 35.9 Å². The maximum atomic E-state index is 11.3. The van der Waals surface area contributed by atoms with E-state index in [-0.39, 0.29) is 11.8 Å². The van der Waals surface area contributed by atoms with Gasteiger partial charge < -0.3 is 5.32 Å². The maximum Gasteiger partial charge on any atom is 0.223 e. The van der Waals surface area contributed by atoms with E-state index in [1.54, 1.807) is 0 Å². The number of carbonyl (C=O) groups is 1. The second-order valence-electron chi connectivity index (χ2n) is 4.30. The van der Waals surface area contributed by atoms with E-state index in [1.807, 2.05) is 6.07 Å². The lowest BCUT2D eigenvalue weighted by atomic mass is 9.91. The molecule has 2 heteroatoms. The Kier molecular flexibility index (Phi) is 1.63. The van der Waals surface area contributed by atoms with Crippen LogP contribution in [0.25, 0.3) is 0 Å². The first-order chi connectivity index (χ1) is 6.84. The molecule has 3 atom stereocenters. The molecule has 1 aliphatic heterocycles. The number of amides is 1.